The van der Waals surface area contributed by atoms with E-state index in [2.05, 4.69) is 22.0 Å². The first-order chi connectivity index (χ1) is 10.2. The van der Waals surface area contributed by atoms with Crippen LogP contribution in [0.15, 0.2) is 53.1 Å². The van der Waals surface area contributed by atoms with Crippen molar-refractivity contribution >= 4 is 33.1 Å². The molecule has 4 heteroatoms. The molecular formula is C17H11BrN2O. The number of halogens is 1. The fourth-order valence-corrected chi connectivity index (χ4v) is 2.67. The van der Waals surface area contributed by atoms with Gasteiger partial charge in [0.25, 0.3) is 0 Å². The van der Waals surface area contributed by atoms with Crippen molar-refractivity contribution < 1.29 is 4.79 Å². The Morgan fingerprint density at radius 3 is 2.62 bits per heavy atom. The number of fused-ring (bicyclic) bond motifs is 1. The van der Waals surface area contributed by atoms with Gasteiger partial charge in [-0.2, -0.15) is 5.26 Å². The van der Waals surface area contributed by atoms with Crippen LogP contribution in [-0.2, 0) is 6.54 Å². The van der Waals surface area contributed by atoms with Crippen LogP contribution >= 0.6 is 15.9 Å². The Labute approximate surface area is 130 Å². The van der Waals surface area contributed by atoms with Crippen LogP contribution in [0.5, 0.6) is 0 Å². The van der Waals surface area contributed by atoms with Gasteiger partial charge in [-0.25, -0.2) is 0 Å². The number of hydrogen-bond donors (Lipinski definition) is 0. The van der Waals surface area contributed by atoms with Crippen molar-refractivity contribution in [1.82, 2.24) is 4.57 Å². The predicted octanol–water partition coefficient (Wildman–Crippen LogP) is 4.14. The Morgan fingerprint density at radius 1 is 1.19 bits per heavy atom. The third-order valence-corrected chi connectivity index (χ3v) is 3.96. The van der Waals surface area contributed by atoms with E-state index >= 15 is 0 Å². The average molecular weight is 339 g/mol. The van der Waals surface area contributed by atoms with Gasteiger partial charge in [-0.1, -0.05) is 28.1 Å². The molecule has 102 valence electrons. The van der Waals surface area contributed by atoms with Crippen molar-refractivity contribution in [3.63, 3.8) is 0 Å². The minimum atomic E-state index is 0.562. The predicted molar refractivity (Wildman–Crippen MR) is 85.3 cm³/mol. The molecule has 0 saturated carbocycles. The van der Waals surface area contributed by atoms with E-state index in [0.29, 0.717) is 17.7 Å². The zero-order valence-electron chi connectivity index (χ0n) is 11.1. The first kappa shape index (κ1) is 13.6. The first-order valence-electron chi connectivity index (χ1n) is 6.44. The summed E-state index contributed by atoms with van der Waals surface area (Å²) in [7, 11) is 0. The van der Waals surface area contributed by atoms with Gasteiger partial charge >= 0.3 is 0 Å². The molecule has 0 radical (unpaired) electrons. The molecule has 3 aromatic rings. The lowest BCUT2D eigenvalue weighted by Crippen LogP contribution is -1.97. The summed E-state index contributed by atoms with van der Waals surface area (Å²) in [6, 6.07) is 15.6. The number of carbonyl (C=O) groups excluding carboxylic acids is 1. The molecule has 0 bridgehead atoms. The number of nitriles is 1. The van der Waals surface area contributed by atoms with Gasteiger partial charge in [0.15, 0.2) is 6.29 Å². The molecule has 0 saturated heterocycles. The second-order valence-electron chi connectivity index (χ2n) is 4.80. The van der Waals surface area contributed by atoms with Crippen LogP contribution in [-0.4, -0.2) is 10.9 Å². The van der Waals surface area contributed by atoms with Gasteiger partial charge in [0, 0.05) is 33.7 Å². The molecule has 3 rings (SSSR count). The molecule has 0 aliphatic heterocycles. The maximum atomic E-state index is 11.2. The Hall–Kier alpha value is -2.38. The number of rotatable bonds is 3. The Bertz CT molecular complexity index is 857. The van der Waals surface area contributed by atoms with Crippen molar-refractivity contribution in [2.24, 2.45) is 0 Å². The van der Waals surface area contributed by atoms with Crippen LogP contribution in [0.2, 0.25) is 0 Å². The second-order valence-corrected chi connectivity index (χ2v) is 5.72. The first-order valence-corrected chi connectivity index (χ1v) is 7.23. The fraction of sp³-hybridized carbons (Fsp3) is 0.0588. The van der Waals surface area contributed by atoms with Gasteiger partial charge in [0.2, 0.25) is 0 Å². The normalized spacial score (nSPS) is 10.5. The molecule has 21 heavy (non-hydrogen) atoms. The standard InChI is InChI=1S/C17H11BrN2O/c18-15-4-1-12(2-5-15)9-20-10-14(11-21)16-7-13(8-19)3-6-17(16)20/h1-7,10-11H,9H2. The third-order valence-electron chi connectivity index (χ3n) is 3.43. The lowest BCUT2D eigenvalue weighted by atomic mass is 10.1. The highest BCUT2D eigenvalue weighted by atomic mass is 79.9. The molecule has 0 aliphatic rings. The molecule has 0 amide bonds. The molecule has 1 heterocycles. The highest BCUT2D eigenvalue weighted by Gasteiger charge is 2.09. The van der Waals surface area contributed by atoms with E-state index < -0.39 is 0 Å². The third kappa shape index (κ3) is 2.61. The number of aromatic nitrogens is 1. The molecule has 0 atom stereocenters. The quantitative estimate of drug-likeness (QED) is 0.674. The smallest absolute Gasteiger partial charge is 0.152 e. The molecule has 3 nitrogen and oxygen atoms in total. The average Bonchev–Trinajstić information content (AvgIpc) is 2.86. The Balaban J connectivity index is 2.08. The SMILES string of the molecule is N#Cc1ccc2c(c1)c(C=O)cn2Cc1ccc(Br)cc1. The van der Waals surface area contributed by atoms with E-state index in [1.54, 1.807) is 12.1 Å². The number of hydrogen-bond acceptors (Lipinski definition) is 2. The lowest BCUT2D eigenvalue weighted by Gasteiger charge is -2.06. The molecule has 0 aliphatic carbocycles. The molecular weight excluding hydrogens is 328 g/mol. The number of nitrogens with zero attached hydrogens (tertiary/aromatic N) is 2. The number of benzene rings is 2. The highest BCUT2D eigenvalue weighted by Crippen LogP contribution is 2.23. The topological polar surface area (TPSA) is 45.8 Å². The van der Waals surface area contributed by atoms with Crippen LogP contribution in [0, 0.1) is 11.3 Å². The zero-order valence-corrected chi connectivity index (χ0v) is 12.7. The fourth-order valence-electron chi connectivity index (χ4n) is 2.41. The summed E-state index contributed by atoms with van der Waals surface area (Å²) in [5, 5.41) is 9.80. The van der Waals surface area contributed by atoms with E-state index in [0.717, 1.165) is 27.2 Å². The largest absolute Gasteiger partial charge is 0.342 e. The summed E-state index contributed by atoms with van der Waals surface area (Å²) in [6.45, 7) is 0.684. The van der Waals surface area contributed by atoms with Gasteiger partial charge in [-0.15, -0.1) is 0 Å². The van der Waals surface area contributed by atoms with Crippen molar-refractivity contribution in [3.8, 4) is 6.07 Å². The maximum absolute atomic E-state index is 11.2. The monoisotopic (exact) mass is 338 g/mol. The number of carbonyl (C=O) groups is 1. The summed E-state index contributed by atoms with van der Waals surface area (Å²) < 4.78 is 3.07. The summed E-state index contributed by atoms with van der Waals surface area (Å²) in [5.41, 5.74) is 3.28. The summed E-state index contributed by atoms with van der Waals surface area (Å²) in [4.78, 5) is 11.2. The van der Waals surface area contributed by atoms with E-state index in [1.807, 2.05) is 41.1 Å². The van der Waals surface area contributed by atoms with E-state index in [1.165, 1.54) is 0 Å². The molecule has 1 aromatic heterocycles. The molecule has 0 unspecified atom stereocenters. The van der Waals surface area contributed by atoms with Crippen LogP contribution in [0.3, 0.4) is 0 Å². The minimum absolute atomic E-state index is 0.562. The lowest BCUT2D eigenvalue weighted by molar-refractivity contribution is 0.112. The van der Waals surface area contributed by atoms with Crippen LogP contribution in [0.25, 0.3) is 10.9 Å². The summed E-state index contributed by atoms with van der Waals surface area (Å²) >= 11 is 3.42. The van der Waals surface area contributed by atoms with E-state index in [9.17, 15) is 4.79 Å². The van der Waals surface area contributed by atoms with Crippen LogP contribution in [0.1, 0.15) is 21.5 Å². The van der Waals surface area contributed by atoms with Crippen LogP contribution in [0.4, 0.5) is 0 Å². The second kappa shape index (κ2) is 5.55. The highest BCUT2D eigenvalue weighted by molar-refractivity contribution is 9.10. The summed E-state index contributed by atoms with van der Waals surface area (Å²) in [6.07, 6.45) is 2.67. The van der Waals surface area contributed by atoms with Gasteiger partial charge in [-0.3, -0.25) is 4.79 Å². The molecule has 0 fully saturated rings. The van der Waals surface area contributed by atoms with Gasteiger partial charge in [-0.05, 0) is 35.9 Å². The summed E-state index contributed by atoms with van der Waals surface area (Å²) in [5.74, 6) is 0. The van der Waals surface area contributed by atoms with Crippen molar-refractivity contribution in [2.45, 2.75) is 6.54 Å². The Kier molecular flexibility index (Phi) is 3.59. The maximum Gasteiger partial charge on any atom is 0.152 e. The van der Waals surface area contributed by atoms with Gasteiger partial charge in [0.05, 0.1) is 11.6 Å². The zero-order chi connectivity index (χ0) is 14.8. The van der Waals surface area contributed by atoms with Gasteiger partial charge in [0.1, 0.15) is 0 Å². The van der Waals surface area contributed by atoms with E-state index in [4.69, 9.17) is 5.26 Å². The molecule has 0 spiro atoms. The van der Waals surface area contributed by atoms with E-state index in [-0.39, 0.29) is 0 Å². The van der Waals surface area contributed by atoms with Crippen LogP contribution < -0.4 is 0 Å². The molecule has 2 aromatic carbocycles. The van der Waals surface area contributed by atoms with Crippen molar-refractivity contribution in [1.29, 1.82) is 5.26 Å². The Morgan fingerprint density at radius 2 is 1.95 bits per heavy atom. The number of aldehydes is 1. The van der Waals surface area contributed by atoms with Crippen molar-refractivity contribution in [3.05, 3.63) is 69.8 Å². The minimum Gasteiger partial charge on any atom is -0.342 e. The molecule has 0 N–H and O–H groups in total. The van der Waals surface area contributed by atoms with Gasteiger partial charge < -0.3 is 4.57 Å². The van der Waals surface area contributed by atoms with Crippen molar-refractivity contribution in [2.75, 3.05) is 0 Å².